The highest BCUT2D eigenvalue weighted by molar-refractivity contribution is 5.92. The third kappa shape index (κ3) is 3.48. The van der Waals surface area contributed by atoms with Gasteiger partial charge in [-0.25, -0.2) is 4.79 Å². The van der Waals surface area contributed by atoms with Gasteiger partial charge in [-0.2, -0.15) is 0 Å². The lowest BCUT2D eigenvalue weighted by Crippen LogP contribution is -2.19. The summed E-state index contributed by atoms with van der Waals surface area (Å²) in [6, 6.07) is 5.09. The first-order valence-corrected chi connectivity index (χ1v) is 5.08. The van der Waals surface area contributed by atoms with Gasteiger partial charge in [0.05, 0.1) is 14.2 Å². The molecule has 1 aromatic carbocycles. The molecule has 1 rings (SSSR count). The fourth-order valence-corrected chi connectivity index (χ4v) is 1.36. The zero-order valence-electron chi connectivity index (χ0n) is 10.1. The molecular weight excluding hydrogens is 222 g/mol. The summed E-state index contributed by atoms with van der Waals surface area (Å²) in [5, 5.41) is 2.65. The molecule has 1 aromatic rings. The Kier molecular flexibility index (Phi) is 4.51. The fourth-order valence-electron chi connectivity index (χ4n) is 1.36. The van der Waals surface area contributed by atoms with Crippen LogP contribution in [0.5, 0.6) is 5.75 Å². The van der Waals surface area contributed by atoms with Gasteiger partial charge in [-0.05, 0) is 17.7 Å². The van der Waals surface area contributed by atoms with Gasteiger partial charge in [0.15, 0.2) is 0 Å². The van der Waals surface area contributed by atoms with Crippen LogP contribution in [0.4, 0.5) is 0 Å². The van der Waals surface area contributed by atoms with Gasteiger partial charge in [0.25, 0.3) is 0 Å². The molecule has 0 saturated heterocycles. The van der Waals surface area contributed by atoms with Crippen LogP contribution in [0.3, 0.4) is 0 Å². The van der Waals surface area contributed by atoms with E-state index in [2.05, 4.69) is 10.1 Å². The number of nitrogens with one attached hydrogen (secondary N) is 1. The number of esters is 1. The zero-order valence-corrected chi connectivity index (χ0v) is 10.1. The molecule has 5 heteroatoms. The van der Waals surface area contributed by atoms with Crippen LogP contribution in [0, 0.1) is 0 Å². The van der Waals surface area contributed by atoms with Crippen molar-refractivity contribution in [3.8, 4) is 5.75 Å². The molecule has 1 N–H and O–H groups in total. The third-order valence-electron chi connectivity index (χ3n) is 2.21. The number of hydrogen-bond donors (Lipinski definition) is 1. The molecule has 1 amide bonds. The number of carbonyl (C=O) groups is 2. The molecule has 0 unspecified atom stereocenters. The van der Waals surface area contributed by atoms with Gasteiger partial charge in [0.1, 0.15) is 11.3 Å². The second-order valence-electron chi connectivity index (χ2n) is 3.44. The Bertz CT molecular complexity index is 429. The van der Waals surface area contributed by atoms with Gasteiger partial charge in [-0.15, -0.1) is 0 Å². The van der Waals surface area contributed by atoms with Crippen LogP contribution >= 0.6 is 0 Å². The molecule has 0 aliphatic rings. The highest BCUT2D eigenvalue weighted by atomic mass is 16.5. The SMILES string of the molecule is COC(=O)c1cc(CNC(C)=O)ccc1OC. The van der Waals surface area contributed by atoms with Crippen molar-refractivity contribution in [1.82, 2.24) is 5.32 Å². The highest BCUT2D eigenvalue weighted by Gasteiger charge is 2.13. The lowest BCUT2D eigenvalue weighted by atomic mass is 10.1. The standard InChI is InChI=1S/C12H15NO4/c1-8(14)13-7-9-4-5-11(16-2)10(6-9)12(15)17-3/h4-6H,7H2,1-3H3,(H,13,14). The zero-order chi connectivity index (χ0) is 12.8. The Balaban J connectivity index is 2.96. The van der Waals surface area contributed by atoms with E-state index in [1.165, 1.54) is 21.1 Å². The molecule has 0 aliphatic carbocycles. The summed E-state index contributed by atoms with van der Waals surface area (Å²) in [6.07, 6.45) is 0. The normalized spacial score (nSPS) is 9.59. The van der Waals surface area contributed by atoms with E-state index < -0.39 is 5.97 Å². The van der Waals surface area contributed by atoms with Crippen LogP contribution < -0.4 is 10.1 Å². The molecule has 0 aromatic heterocycles. The van der Waals surface area contributed by atoms with Crippen molar-refractivity contribution in [2.75, 3.05) is 14.2 Å². The lowest BCUT2D eigenvalue weighted by Gasteiger charge is -2.09. The second kappa shape index (κ2) is 5.89. The van der Waals surface area contributed by atoms with Gasteiger partial charge in [-0.1, -0.05) is 6.07 Å². The highest BCUT2D eigenvalue weighted by Crippen LogP contribution is 2.20. The van der Waals surface area contributed by atoms with Crippen molar-refractivity contribution in [2.45, 2.75) is 13.5 Å². The minimum Gasteiger partial charge on any atom is -0.496 e. The Hall–Kier alpha value is -2.04. The number of ether oxygens (including phenoxy) is 2. The summed E-state index contributed by atoms with van der Waals surface area (Å²) >= 11 is 0. The predicted molar refractivity (Wildman–Crippen MR) is 61.9 cm³/mol. The van der Waals surface area contributed by atoms with Crippen molar-refractivity contribution in [3.05, 3.63) is 29.3 Å². The van der Waals surface area contributed by atoms with Gasteiger partial charge < -0.3 is 14.8 Å². The first kappa shape index (κ1) is 13.0. The van der Waals surface area contributed by atoms with E-state index in [1.54, 1.807) is 18.2 Å². The van der Waals surface area contributed by atoms with Gasteiger partial charge in [-0.3, -0.25) is 4.79 Å². The summed E-state index contributed by atoms with van der Waals surface area (Å²) in [4.78, 5) is 22.3. The second-order valence-corrected chi connectivity index (χ2v) is 3.44. The summed E-state index contributed by atoms with van der Waals surface area (Å²) in [7, 11) is 2.79. The van der Waals surface area contributed by atoms with E-state index in [4.69, 9.17) is 4.74 Å². The topological polar surface area (TPSA) is 64.6 Å². The fraction of sp³-hybridized carbons (Fsp3) is 0.333. The Morgan fingerprint density at radius 2 is 2.00 bits per heavy atom. The smallest absolute Gasteiger partial charge is 0.341 e. The molecule has 0 heterocycles. The molecule has 5 nitrogen and oxygen atoms in total. The van der Waals surface area contributed by atoms with Gasteiger partial charge in [0.2, 0.25) is 5.91 Å². The van der Waals surface area contributed by atoms with Crippen molar-refractivity contribution >= 4 is 11.9 Å². The van der Waals surface area contributed by atoms with E-state index in [0.717, 1.165) is 5.56 Å². The first-order chi connectivity index (χ1) is 8.08. The van der Waals surface area contributed by atoms with Crippen molar-refractivity contribution < 1.29 is 19.1 Å². The Morgan fingerprint density at radius 3 is 2.53 bits per heavy atom. The van der Waals surface area contributed by atoms with E-state index in [0.29, 0.717) is 17.9 Å². The molecular formula is C12H15NO4. The molecule has 0 atom stereocenters. The average Bonchev–Trinajstić information content (AvgIpc) is 2.34. The molecule has 0 spiro atoms. The van der Waals surface area contributed by atoms with Crippen LogP contribution in [0.25, 0.3) is 0 Å². The summed E-state index contributed by atoms with van der Waals surface area (Å²) in [6.45, 7) is 1.80. The molecule has 0 bridgehead atoms. The summed E-state index contributed by atoms with van der Waals surface area (Å²) in [5.74, 6) is -0.143. The third-order valence-corrected chi connectivity index (χ3v) is 2.21. The molecule has 0 radical (unpaired) electrons. The Morgan fingerprint density at radius 1 is 1.29 bits per heavy atom. The number of carbonyl (C=O) groups excluding carboxylic acids is 2. The molecule has 0 saturated carbocycles. The minimum atomic E-state index is -0.466. The molecule has 0 aliphatic heterocycles. The molecule has 17 heavy (non-hydrogen) atoms. The predicted octanol–water partition coefficient (Wildman–Crippen LogP) is 1.12. The summed E-state index contributed by atoms with van der Waals surface area (Å²) < 4.78 is 9.71. The number of hydrogen-bond acceptors (Lipinski definition) is 4. The van der Waals surface area contributed by atoms with Gasteiger partial charge >= 0.3 is 5.97 Å². The van der Waals surface area contributed by atoms with Crippen LogP contribution in [0.2, 0.25) is 0 Å². The maximum Gasteiger partial charge on any atom is 0.341 e. The monoisotopic (exact) mass is 237 g/mol. The number of rotatable bonds is 4. The van der Waals surface area contributed by atoms with Crippen LogP contribution in [0.1, 0.15) is 22.8 Å². The number of methoxy groups -OCH3 is 2. The molecule has 92 valence electrons. The average molecular weight is 237 g/mol. The number of benzene rings is 1. The minimum absolute atomic E-state index is 0.125. The van der Waals surface area contributed by atoms with Crippen molar-refractivity contribution in [2.24, 2.45) is 0 Å². The number of amides is 1. The first-order valence-electron chi connectivity index (χ1n) is 5.08. The lowest BCUT2D eigenvalue weighted by molar-refractivity contribution is -0.119. The van der Waals surface area contributed by atoms with E-state index in [9.17, 15) is 9.59 Å². The molecule has 0 fully saturated rings. The Labute approximate surface area is 99.7 Å². The van der Waals surface area contributed by atoms with Crippen molar-refractivity contribution in [3.63, 3.8) is 0 Å². The van der Waals surface area contributed by atoms with Gasteiger partial charge in [0, 0.05) is 13.5 Å². The van der Waals surface area contributed by atoms with Crippen LogP contribution in [-0.2, 0) is 16.1 Å². The van der Waals surface area contributed by atoms with E-state index in [1.807, 2.05) is 0 Å². The van der Waals surface area contributed by atoms with E-state index in [-0.39, 0.29) is 5.91 Å². The summed E-state index contributed by atoms with van der Waals surface area (Å²) in [5.41, 5.74) is 1.15. The quantitative estimate of drug-likeness (QED) is 0.797. The van der Waals surface area contributed by atoms with Crippen LogP contribution in [0.15, 0.2) is 18.2 Å². The van der Waals surface area contributed by atoms with Crippen molar-refractivity contribution in [1.29, 1.82) is 0 Å². The van der Waals surface area contributed by atoms with E-state index >= 15 is 0 Å². The van der Waals surface area contributed by atoms with Crippen LogP contribution in [-0.4, -0.2) is 26.1 Å². The maximum atomic E-state index is 11.5. The largest absolute Gasteiger partial charge is 0.496 e. The maximum absolute atomic E-state index is 11.5.